The zero-order chi connectivity index (χ0) is 20.6. The van der Waals surface area contributed by atoms with Gasteiger partial charge < -0.3 is 14.8 Å². The largest absolute Gasteiger partial charge is 0.497 e. The Morgan fingerprint density at radius 1 is 1.07 bits per heavy atom. The van der Waals surface area contributed by atoms with Gasteiger partial charge in [-0.15, -0.1) is 10.2 Å². The van der Waals surface area contributed by atoms with E-state index >= 15 is 0 Å². The number of halogens is 1. The van der Waals surface area contributed by atoms with Gasteiger partial charge in [0.25, 0.3) is 0 Å². The molecule has 0 aliphatic carbocycles. The number of aromatic nitrogens is 2. The Hall–Kier alpha value is -2.77. The van der Waals surface area contributed by atoms with Crippen LogP contribution in [0.3, 0.4) is 0 Å². The lowest BCUT2D eigenvalue weighted by molar-refractivity contribution is -0.118. The molecule has 29 heavy (non-hydrogen) atoms. The van der Waals surface area contributed by atoms with Crippen molar-refractivity contribution in [2.75, 3.05) is 20.0 Å². The maximum Gasteiger partial charge on any atom is 0.230 e. The molecule has 1 amide bonds. The maximum atomic E-state index is 12.1. The van der Waals surface area contributed by atoms with Gasteiger partial charge in [-0.05, 0) is 42.0 Å². The number of nitrogens with one attached hydrogen (secondary N) is 1. The van der Waals surface area contributed by atoms with Crippen molar-refractivity contribution >= 4 is 29.3 Å². The first kappa shape index (κ1) is 21.0. The average molecular weight is 430 g/mol. The lowest BCUT2D eigenvalue weighted by atomic mass is 10.1. The van der Waals surface area contributed by atoms with Crippen LogP contribution in [0.25, 0.3) is 11.3 Å². The highest BCUT2D eigenvalue weighted by molar-refractivity contribution is 7.99. The Morgan fingerprint density at radius 3 is 2.59 bits per heavy atom. The summed E-state index contributed by atoms with van der Waals surface area (Å²) in [7, 11) is 3.21. The molecule has 3 rings (SSSR count). The Kier molecular flexibility index (Phi) is 7.32. The molecule has 0 bridgehead atoms. The highest BCUT2D eigenvalue weighted by atomic mass is 35.5. The molecule has 1 N–H and O–H groups in total. The fourth-order valence-corrected chi connectivity index (χ4v) is 3.43. The molecule has 3 aromatic rings. The highest BCUT2D eigenvalue weighted by Crippen LogP contribution is 2.32. The molecule has 8 heteroatoms. The molecule has 0 unspecified atom stereocenters. The lowest BCUT2D eigenvalue weighted by Crippen LogP contribution is -2.24. The fraction of sp³-hybridized carbons (Fsp3) is 0.190. The molecule has 150 valence electrons. The Labute approximate surface area is 178 Å². The molecular formula is C21H20ClN3O3S. The van der Waals surface area contributed by atoms with Crippen LogP contribution in [0, 0.1) is 0 Å². The molecule has 1 heterocycles. The van der Waals surface area contributed by atoms with E-state index in [-0.39, 0.29) is 11.7 Å². The molecule has 6 nitrogen and oxygen atoms in total. The predicted molar refractivity (Wildman–Crippen MR) is 115 cm³/mol. The van der Waals surface area contributed by atoms with Crippen molar-refractivity contribution in [2.24, 2.45) is 0 Å². The summed E-state index contributed by atoms with van der Waals surface area (Å²) < 4.78 is 10.7. The molecule has 0 aliphatic rings. The smallest absolute Gasteiger partial charge is 0.230 e. The Bertz CT molecular complexity index is 983. The zero-order valence-corrected chi connectivity index (χ0v) is 17.6. The minimum atomic E-state index is -0.102. The summed E-state index contributed by atoms with van der Waals surface area (Å²) in [5, 5.41) is 12.6. The number of thioether (sulfide) groups is 1. The van der Waals surface area contributed by atoms with Crippen LogP contribution < -0.4 is 14.8 Å². The third-order valence-electron chi connectivity index (χ3n) is 4.11. The molecule has 0 saturated carbocycles. The number of carbonyl (C=O) groups is 1. The quantitative estimate of drug-likeness (QED) is 0.540. The van der Waals surface area contributed by atoms with Gasteiger partial charge in [0, 0.05) is 17.1 Å². The first-order valence-corrected chi connectivity index (χ1v) is 10.2. The van der Waals surface area contributed by atoms with Crippen LogP contribution >= 0.6 is 23.4 Å². The Morgan fingerprint density at radius 2 is 1.90 bits per heavy atom. The van der Waals surface area contributed by atoms with E-state index in [1.54, 1.807) is 20.3 Å². The third kappa shape index (κ3) is 5.62. The monoisotopic (exact) mass is 429 g/mol. The minimum absolute atomic E-state index is 0.102. The van der Waals surface area contributed by atoms with Crippen LogP contribution in [0.5, 0.6) is 11.5 Å². The second-order valence-electron chi connectivity index (χ2n) is 5.98. The second kappa shape index (κ2) is 10.1. The predicted octanol–water partition coefficient (Wildman–Crippen LogP) is 4.22. The van der Waals surface area contributed by atoms with Gasteiger partial charge in [-0.2, -0.15) is 0 Å². The van der Waals surface area contributed by atoms with Gasteiger partial charge in [-0.1, -0.05) is 41.6 Å². The molecule has 1 aromatic heterocycles. The molecule has 0 aliphatic heterocycles. The average Bonchev–Trinajstić information content (AvgIpc) is 2.77. The van der Waals surface area contributed by atoms with Crippen molar-refractivity contribution in [3.63, 3.8) is 0 Å². The van der Waals surface area contributed by atoms with Crippen molar-refractivity contribution in [3.05, 3.63) is 65.2 Å². The second-order valence-corrected chi connectivity index (χ2v) is 7.38. The molecule has 0 fully saturated rings. The summed E-state index contributed by atoms with van der Waals surface area (Å²) in [5.41, 5.74) is 2.32. The van der Waals surface area contributed by atoms with Crippen molar-refractivity contribution < 1.29 is 14.3 Å². The van der Waals surface area contributed by atoms with Crippen molar-refractivity contribution in [1.82, 2.24) is 15.5 Å². The number of amides is 1. The van der Waals surface area contributed by atoms with E-state index in [1.165, 1.54) is 11.8 Å². The molecule has 0 radical (unpaired) electrons. The van der Waals surface area contributed by atoms with E-state index in [1.807, 2.05) is 48.5 Å². The summed E-state index contributed by atoms with van der Waals surface area (Å²) in [6, 6.07) is 16.6. The van der Waals surface area contributed by atoms with E-state index in [0.29, 0.717) is 33.8 Å². The molecule has 0 saturated heterocycles. The lowest BCUT2D eigenvalue weighted by Gasteiger charge is -2.10. The van der Waals surface area contributed by atoms with E-state index in [0.717, 1.165) is 11.1 Å². The van der Waals surface area contributed by atoms with Crippen molar-refractivity contribution in [1.29, 1.82) is 0 Å². The molecule has 0 atom stereocenters. The van der Waals surface area contributed by atoms with Gasteiger partial charge in [-0.3, -0.25) is 4.79 Å². The summed E-state index contributed by atoms with van der Waals surface area (Å²) in [6.07, 6.45) is 0. The van der Waals surface area contributed by atoms with E-state index < -0.39 is 0 Å². The van der Waals surface area contributed by atoms with Crippen LogP contribution in [0.1, 0.15) is 5.56 Å². The molecular weight excluding hydrogens is 410 g/mol. The van der Waals surface area contributed by atoms with Crippen LogP contribution in [0.15, 0.2) is 59.6 Å². The minimum Gasteiger partial charge on any atom is -0.497 e. The van der Waals surface area contributed by atoms with E-state index in [4.69, 9.17) is 21.1 Å². The summed E-state index contributed by atoms with van der Waals surface area (Å²) in [5.74, 6) is 1.52. The van der Waals surface area contributed by atoms with Crippen LogP contribution in [-0.4, -0.2) is 36.1 Å². The number of hydrogen-bond donors (Lipinski definition) is 1. The summed E-state index contributed by atoms with van der Waals surface area (Å²) >= 11 is 7.41. The number of methoxy groups -OCH3 is 2. The number of ether oxygens (including phenoxy) is 2. The van der Waals surface area contributed by atoms with Crippen molar-refractivity contribution in [2.45, 2.75) is 11.6 Å². The highest BCUT2D eigenvalue weighted by Gasteiger charge is 2.11. The Balaban J connectivity index is 1.58. The van der Waals surface area contributed by atoms with E-state index in [9.17, 15) is 4.79 Å². The molecule has 0 spiro atoms. The van der Waals surface area contributed by atoms with Gasteiger partial charge in [0.05, 0.1) is 25.7 Å². The van der Waals surface area contributed by atoms with Gasteiger partial charge in [0.2, 0.25) is 5.91 Å². The van der Waals surface area contributed by atoms with Crippen LogP contribution in [0.2, 0.25) is 5.02 Å². The number of hydrogen-bond acceptors (Lipinski definition) is 6. The molecule has 2 aromatic carbocycles. The normalized spacial score (nSPS) is 10.4. The van der Waals surface area contributed by atoms with Crippen LogP contribution in [-0.2, 0) is 11.3 Å². The maximum absolute atomic E-state index is 12.1. The first-order valence-electron chi connectivity index (χ1n) is 8.79. The topological polar surface area (TPSA) is 73.3 Å². The standard InChI is InChI=1S/C21H20ClN3O3S/c1-27-15-7-9-19(28-2)16(11-15)18-8-10-21(25-24-18)29-13-20(26)23-12-14-5-3-4-6-17(14)22/h3-11H,12-13H2,1-2H3,(H,23,26). The summed E-state index contributed by atoms with van der Waals surface area (Å²) in [4.78, 5) is 12.1. The summed E-state index contributed by atoms with van der Waals surface area (Å²) in [6.45, 7) is 0.388. The van der Waals surface area contributed by atoms with E-state index in [2.05, 4.69) is 15.5 Å². The SMILES string of the molecule is COc1ccc(OC)c(-c2ccc(SCC(=O)NCc3ccccc3Cl)nn2)c1. The first-order chi connectivity index (χ1) is 14.1. The fourth-order valence-electron chi connectivity index (χ4n) is 2.58. The van der Waals surface area contributed by atoms with Gasteiger partial charge >= 0.3 is 0 Å². The number of carbonyl (C=O) groups excluding carboxylic acids is 1. The van der Waals surface area contributed by atoms with Gasteiger partial charge in [-0.25, -0.2) is 0 Å². The van der Waals surface area contributed by atoms with Gasteiger partial charge in [0.1, 0.15) is 16.5 Å². The van der Waals surface area contributed by atoms with Gasteiger partial charge in [0.15, 0.2) is 0 Å². The number of rotatable bonds is 8. The zero-order valence-electron chi connectivity index (χ0n) is 16.0. The van der Waals surface area contributed by atoms with Crippen molar-refractivity contribution in [3.8, 4) is 22.8 Å². The number of benzene rings is 2. The van der Waals surface area contributed by atoms with Crippen LogP contribution in [0.4, 0.5) is 0 Å². The number of nitrogens with zero attached hydrogens (tertiary/aromatic N) is 2. The third-order valence-corrected chi connectivity index (χ3v) is 5.40.